The van der Waals surface area contributed by atoms with Crippen LogP contribution in [-0.2, 0) is 9.59 Å². The van der Waals surface area contributed by atoms with Gasteiger partial charge in [-0.3, -0.25) is 9.59 Å². The molecule has 0 fully saturated rings. The highest BCUT2D eigenvalue weighted by atomic mass is 16.2. The molecule has 2 amide bonds. The Labute approximate surface area is 81.9 Å². The second kappa shape index (κ2) is 14.3. The van der Waals surface area contributed by atoms with Crippen LogP contribution >= 0.6 is 0 Å². The second-order valence-electron chi connectivity index (χ2n) is 2.04. The third-order valence-electron chi connectivity index (χ3n) is 1.06. The molecule has 0 aliphatic heterocycles. The Morgan fingerprint density at radius 2 is 1.43 bits per heavy atom. The van der Waals surface area contributed by atoms with Gasteiger partial charge in [0.1, 0.15) is 6.04 Å². The molecule has 0 saturated carbocycles. The quantitative estimate of drug-likeness (QED) is 0.476. The third kappa shape index (κ3) is 13.4. The Bertz CT molecular complexity index is 151. The fourth-order valence-electron chi connectivity index (χ4n) is 0.587. The van der Waals surface area contributed by atoms with Crippen LogP contribution in [-0.4, -0.2) is 46.8 Å². The summed E-state index contributed by atoms with van der Waals surface area (Å²) in [5, 5.41) is 4.86. The molecule has 0 radical (unpaired) electrons. The molecule has 0 bridgehead atoms. The van der Waals surface area contributed by atoms with Gasteiger partial charge in [-0.25, -0.2) is 0 Å². The topological polar surface area (TPSA) is 184 Å². The maximum Gasteiger partial charge on any atom is 0.242 e. The molecule has 14 heavy (non-hydrogen) atoms. The molecule has 0 spiro atoms. The van der Waals surface area contributed by atoms with E-state index in [1.165, 1.54) is 14.0 Å². The van der Waals surface area contributed by atoms with Crippen molar-refractivity contribution in [3.63, 3.8) is 0 Å². The number of carbonyl (C=O) groups excluding carboxylic acids is 2. The predicted octanol–water partition coefficient (Wildman–Crippen LogP) is -4.04. The van der Waals surface area contributed by atoms with E-state index in [9.17, 15) is 9.59 Å². The predicted molar refractivity (Wildman–Crippen MR) is 51.8 cm³/mol. The van der Waals surface area contributed by atoms with Gasteiger partial charge < -0.3 is 32.5 Å². The Hall–Kier alpha value is -1.22. The lowest BCUT2D eigenvalue weighted by molar-refractivity contribution is -0.127. The summed E-state index contributed by atoms with van der Waals surface area (Å²) in [6, 6.07) is -0.442. The SMILES string of the molecule is CNC(=O)C(C)NC(C)=O.O.O.O.O. The van der Waals surface area contributed by atoms with Gasteiger partial charge in [-0.1, -0.05) is 0 Å². The number of hydrogen-bond donors (Lipinski definition) is 2. The maximum atomic E-state index is 10.7. The average Bonchev–Trinajstić information content (AvgIpc) is 1.85. The van der Waals surface area contributed by atoms with Crippen LogP contribution in [0.2, 0.25) is 0 Å². The van der Waals surface area contributed by atoms with Crippen molar-refractivity contribution in [1.82, 2.24) is 10.6 Å². The minimum absolute atomic E-state index is 0. The largest absolute Gasteiger partial charge is 0.412 e. The monoisotopic (exact) mass is 216 g/mol. The van der Waals surface area contributed by atoms with Crippen LogP contribution in [0.1, 0.15) is 13.8 Å². The molecule has 90 valence electrons. The molecule has 10 N–H and O–H groups in total. The smallest absolute Gasteiger partial charge is 0.242 e. The summed E-state index contributed by atoms with van der Waals surface area (Å²) in [4.78, 5) is 21.1. The van der Waals surface area contributed by atoms with Crippen molar-refractivity contribution < 1.29 is 31.5 Å². The first-order valence-electron chi connectivity index (χ1n) is 3.06. The van der Waals surface area contributed by atoms with Gasteiger partial charge in [0.25, 0.3) is 0 Å². The van der Waals surface area contributed by atoms with Crippen LogP contribution in [0.4, 0.5) is 0 Å². The molecular weight excluding hydrogens is 196 g/mol. The molecule has 0 heterocycles. The fourth-order valence-corrected chi connectivity index (χ4v) is 0.587. The molecule has 0 aliphatic rings. The van der Waals surface area contributed by atoms with Gasteiger partial charge in [0.05, 0.1) is 0 Å². The highest BCUT2D eigenvalue weighted by Gasteiger charge is 2.09. The lowest BCUT2D eigenvalue weighted by Crippen LogP contribution is -2.42. The van der Waals surface area contributed by atoms with E-state index in [1.807, 2.05) is 0 Å². The normalized spacial score (nSPS) is 8.50. The zero-order valence-corrected chi connectivity index (χ0v) is 8.39. The van der Waals surface area contributed by atoms with Crippen LogP contribution in [0, 0.1) is 0 Å². The summed E-state index contributed by atoms with van der Waals surface area (Å²) in [5.41, 5.74) is 0. The van der Waals surface area contributed by atoms with Crippen molar-refractivity contribution in [1.29, 1.82) is 0 Å². The zero-order chi connectivity index (χ0) is 8.15. The summed E-state index contributed by atoms with van der Waals surface area (Å²) in [6.07, 6.45) is 0. The Kier molecular flexibility index (Phi) is 30.0. The number of carbonyl (C=O) groups is 2. The van der Waals surface area contributed by atoms with Crippen molar-refractivity contribution in [2.24, 2.45) is 0 Å². The van der Waals surface area contributed by atoms with Crippen molar-refractivity contribution >= 4 is 11.8 Å². The van der Waals surface area contributed by atoms with Crippen molar-refractivity contribution in [2.75, 3.05) is 7.05 Å². The highest BCUT2D eigenvalue weighted by molar-refractivity contribution is 5.86. The first-order chi connectivity index (χ1) is 4.57. The summed E-state index contributed by atoms with van der Waals surface area (Å²) in [6.45, 7) is 3.00. The summed E-state index contributed by atoms with van der Waals surface area (Å²) < 4.78 is 0. The molecule has 0 aliphatic carbocycles. The Morgan fingerprint density at radius 1 is 1.07 bits per heavy atom. The van der Waals surface area contributed by atoms with E-state index in [0.29, 0.717) is 0 Å². The molecule has 0 rings (SSSR count). The first-order valence-corrected chi connectivity index (χ1v) is 3.06. The number of amides is 2. The molecular formula is C6H20N2O6. The van der Waals surface area contributed by atoms with Crippen LogP contribution in [0.15, 0.2) is 0 Å². The summed E-state index contributed by atoms with van der Waals surface area (Å²) >= 11 is 0. The summed E-state index contributed by atoms with van der Waals surface area (Å²) in [5.74, 6) is -0.383. The minimum atomic E-state index is -0.442. The van der Waals surface area contributed by atoms with Crippen molar-refractivity contribution in [3.05, 3.63) is 0 Å². The van der Waals surface area contributed by atoms with E-state index in [1.54, 1.807) is 6.92 Å². The maximum absolute atomic E-state index is 10.7. The molecule has 1 unspecified atom stereocenters. The van der Waals surface area contributed by atoms with Crippen LogP contribution in [0.5, 0.6) is 0 Å². The van der Waals surface area contributed by atoms with E-state index in [4.69, 9.17) is 0 Å². The lowest BCUT2D eigenvalue weighted by Gasteiger charge is -2.09. The minimum Gasteiger partial charge on any atom is -0.412 e. The van der Waals surface area contributed by atoms with Gasteiger partial charge in [-0.05, 0) is 6.92 Å². The van der Waals surface area contributed by atoms with Crippen molar-refractivity contribution in [2.45, 2.75) is 19.9 Å². The van der Waals surface area contributed by atoms with Gasteiger partial charge in [0, 0.05) is 14.0 Å². The average molecular weight is 216 g/mol. The number of hydrogen-bond acceptors (Lipinski definition) is 2. The number of rotatable bonds is 2. The zero-order valence-electron chi connectivity index (χ0n) is 8.39. The molecule has 1 atom stereocenters. The number of likely N-dealkylation sites (N-methyl/N-ethyl adjacent to an activating group) is 1. The molecule has 0 aromatic heterocycles. The van der Waals surface area contributed by atoms with E-state index in [-0.39, 0.29) is 33.7 Å². The number of nitrogens with one attached hydrogen (secondary N) is 2. The molecule has 0 aromatic rings. The van der Waals surface area contributed by atoms with E-state index in [0.717, 1.165) is 0 Å². The van der Waals surface area contributed by atoms with Gasteiger partial charge in [0.15, 0.2) is 0 Å². The van der Waals surface area contributed by atoms with Gasteiger partial charge >= 0.3 is 0 Å². The van der Waals surface area contributed by atoms with E-state index in [2.05, 4.69) is 10.6 Å². The lowest BCUT2D eigenvalue weighted by atomic mass is 10.3. The van der Waals surface area contributed by atoms with Gasteiger partial charge in [0.2, 0.25) is 11.8 Å². The second-order valence-corrected chi connectivity index (χ2v) is 2.04. The third-order valence-corrected chi connectivity index (χ3v) is 1.06. The standard InChI is InChI=1S/C6H12N2O2.4H2O/c1-4(6(10)7-3)8-5(2)9;;;;/h4H,1-3H3,(H,7,10)(H,8,9);4*1H2. The van der Waals surface area contributed by atoms with Crippen LogP contribution in [0.3, 0.4) is 0 Å². The molecule has 8 heteroatoms. The van der Waals surface area contributed by atoms with Crippen LogP contribution < -0.4 is 10.6 Å². The highest BCUT2D eigenvalue weighted by Crippen LogP contribution is 1.79. The van der Waals surface area contributed by atoms with E-state index < -0.39 is 6.04 Å². The first kappa shape index (κ1) is 29.3. The Morgan fingerprint density at radius 3 is 1.64 bits per heavy atom. The fraction of sp³-hybridized carbons (Fsp3) is 0.667. The van der Waals surface area contributed by atoms with Gasteiger partial charge in [-0.15, -0.1) is 0 Å². The Balaban J connectivity index is -0.0000000675. The summed E-state index contributed by atoms with van der Waals surface area (Å²) in [7, 11) is 1.53. The van der Waals surface area contributed by atoms with Crippen LogP contribution in [0.25, 0.3) is 0 Å². The molecule has 0 aromatic carbocycles. The van der Waals surface area contributed by atoms with Crippen molar-refractivity contribution in [3.8, 4) is 0 Å². The molecule has 8 nitrogen and oxygen atoms in total. The van der Waals surface area contributed by atoms with E-state index >= 15 is 0 Å². The molecule has 0 saturated heterocycles. The van der Waals surface area contributed by atoms with Gasteiger partial charge in [-0.2, -0.15) is 0 Å².